The standard InChI is InChI=1S/C14H20N2O2/c1-4-18-13(17)10-7-9(5-6-11(10)15)16-12-8-14(12,2)3/h5-7,12,16H,4,8,15H2,1-3H3. The van der Waals surface area contributed by atoms with Gasteiger partial charge in [0.25, 0.3) is 0 Å². The van der Waals surface area contributed by atoms with E-state index >= 15 is 0 Å². The predicted octanol–water partition coefficient (Wildman–Crippen LogP) is 2.66. The van der Waals surface area contributed by atoms with Crippen molar-refractivity contribution in [1.82, 2.24) is 0 Å². The Balaban J connectivity index is 2.14. The Morgan fingerprint density at radius 2 is 2.22 bits per heavy atom. The quantitative estimate of drug-likeness (QED) is 0.635. The topological polar surface area (TPSA) is 64.3 Å². The number of hydrogen-bond donors (Lipinski definition) is 2. The molecule has 0 saturated heterocycles. The lowest BCUT2D eigenvalue weighted by molar-refractivity contribution is 0.0527. The maximum atomic E-state index is 11.7. The average Bonchev–Trinajstić information content (AvgIpc) is 2.89. The second-order valence-corrected chi connectivity index (χ2v) is 5.41. The first kappa shape index (κ1) is 12.7. The molecule has 1 aliphatic rings. The highest BCUT2D eigenvalue weighted by molar-refractivity contribution is 5.96. The molecule has 2 rings (SSSR count). The summed E-state index contributed by atoms with van der Waals surface area (Å²) >= 11 is 0. The van der Waals surface area contributed by atoms with E-state index in [2.05, 4.69) is 19.2 Å². The van der Waals surface area contributed by atoms with E-state index in [9.17, 15) is 4.79 Å². The Kier molecular flexibility index (Phi) is 3.20. The summed E-state index contributed by atoms with van der Waals surface area (Å²) in [5.41, 5.74) is 7.93. The Labute approximate surface area is 108 Å². The molecule has 0 spiro atoms. The Morgan fingerprint density at radius 1 is 1.56 bits per heavy atom. The van der Waals surface area contributed by atoms with Crippen molar-refractivity contribution in [3.63, 3.8) is 0 Å². The highest BCUT2D eigenvalue weighted by Crippen LogP contribution is 2.46. The molecule has 4 heteroatoms. The zero-order valence-electron chi connectivity index (χ0n) is 11.1. The van der Waals surface area contributed by atoms with Crippen LogP contribution in [0.1, 0.15) is 37.6 Å². The van der Waals surface area contributed by atoms with Gasteiger partial charge in [-0.15, -0.1) is 0 Å². The molecule has 0 aliphatic heterocycles. The number of nitrogens with one attached hydrogen (secondary N) is 1. The number of hydrogen-bond acceptors (Lipinski definition) is 4. The van der Waals surface area contributed by atoms with Crippen LogP contribution < -0.4 is 11.1 Å². The van der Waals surface area contributed by atoms with Gasteiger partial charge < -0.3 is 15.8 Å². The van der Waals surface area contributed by atoms with Gasteiger partial charge in [0.1, 0.15) is 0 Å². The van der Waals surface area contributed by atoms with Gasteiger partial charge in [-0.25, -0.2) is 4.79 Å². The van der Waals surface area contributed by atoms with Crippen molar-refractivity contribution in [3.8, 4) is 0 Å². The van der Waals surface area contributed by atoms with Gasteiger partial charge in [-0.1, -0.05) is 13.8 Å². The molecule has 1 unspecified atom stereocenters. The summed E-state index contributed by atoms with van der Waals surface area (Å²) in [5, 5.41) is 3.41. The minimum atomic E-state index is -0.367. The van der Waals surface area contributed by atoms with E-state index in [1.165, 1.54) is 0 Å². The Hall–Kier alpha value is -1.71. The van der Waals surface area contributed by atoms with E-state index in [-0.39, 0.29) is 5.97 Å². The van der Waals surface area contributed by atoms with Gasteiger partial charge in [0, 0.05) is 17.4 Å². The predicted molar refractivity (Wildman–Crippen MR) is 72.6 cm³/mol. The molecular formula is C14H20N2O2. The lowest BCUT2D eigenvalue weighted by Gasteiger charge is -2.11. The number of nitrogens with two attached hydrogens (primary N) is 1. The average molecular weight is 248 g/mol. The molecule has 0 heterocycles. The summed E-state index contributed by atoms with van der Waals surface area (Å²) < 4.78 is 4.98. The summed E-state index contributed by atoms with van der Waals surface area (Å²) in [6.07, 6.45) is 1.14. The van der Waals surface area contributed by atoms with Crippen LogP contribution in [0.15, 0.2) is 18.2 Å². The molecular weight excluding hydrogens is 228 g/mol. The molecule has 18 heavy (non-hydrogen) atoms. The molecule has 1 aromatic rings. The van der Waals surface area contributed by atoms with E-state index in [1.54, 1.807) is 19.1 Å². The number of anilines is 2. The van der Waals surface area contributed by atoms with Crippen LogP contribution in [0.4, 0.5) is 11.4 Å². The number of carbonyl (C=O) groups is 1. The van der Waals surface area contributed by atoms with Crippen LogP contribution in [0.25, 0.3) is 0 Å². The van der Waals surface area contributed by atoms with E-state index in [0.29, 0.717) is 29.3 Å². The second-order valence-electron chi connectivity index (χ2n) is 5.41. The van der Waals surface area contributed by atoms with Crippen LogP contribution in [-0.4, -0.2) is 18.6 Å². The van der Waals surface area contributed by atoms with Crippen LogP contribution in [0.3, 0.4) is 0 Å². The minimum Gasteiger partial charge on any atom is -0.462 e. The van der Waals surface area contributed by atoms with Crippen molar-refractivity contribution < 1.29 is 9.53 Å². The van der Waals surface area contributed by atoms with E-state index in [1.807, 2.05) is 6.07 Å². The Bertz CT molecular complexity index is 469. The summed E-state index contributed by atoms with van der Waals surface area (Å²) in [5.74, 6) is -0.367. The van der Waals surface area contributed by atoms with E-state index < -0.39 is 0 Å². The number of ether oxygens (including phenoxy) is 1. The Morgan fingerprint density at radius 3 is 2.78 bits per heavy atom. The fraction of sp³-hybridized carbons (Fsp3) is 0.500. The van der Waals surface area contributed by atoms with Crippen LogP contribution in [0, 0.1) is 5.41 Å². The van der Waals surface area contributed by atoms with Gasteiger partial charge in [0.05, 0.1) is 12.2 Å². The number of rotatable bonds is 4. The minimum absolute atomic E-state index is 0.339. The van der Waals surface area contributed by atoms with Gasteiger partial charge >= 0.3 is 5.97 Å². The third-order valence-corrected chi connectivity index (χ3v) is 3.40. The van der Waals surface area contributed by atoms with Crippen molar-refractivity contribution >= 4 is 17.3 Å². The normalized spacial score (nSPS) is 20.3. The molecule has 98 valence electrons. The van der Waals surface area contributed by atoms with Gasteiger partial charge in [-0.3, -0.25) is 0 Å². The lowest BCUT2D eigenvalue weighted by atomic mass is 10.1. The van der Waals surface area contributed by atoms with Crippen molar-refractivity contribution in [3.05, 3.63) is 23.8 Å². The highest BCUT2D eigenvalue weighted by Gasteiger charge is 2.45. The molecule has 0 bridgehead atoms. The van der Waals surface area contributed by atoms with Crippen molar-refractivity contribution in [1.29, 1.82) is 0 Å². The van der Waals surface area contributed by atoms with Crippen LogP contribution in [0.2, 0.25) is 0 Å². The lowest BCUT2D eigenvalue weighted by Crippen LogP contribution is -2.11. The van der Waals surface area contributed by atoms with Gasteiger partial charge in [0.2, 0.25) is 0 Å². The second kappa shape index (κ2) is 4.52. The number of esters is 1. The molecule has 0 amide bonds. The molecule has 1 fully saturated rings. The fourth-order valence-electron chi connectivity index (χ4n) is 1.95. The molecule has 1 atom stereocenters. The SMILES string of the molecule is CCOC(=O)c1cc(NC2CC2(C)C)ccc1N. The zero-order chi connectivity index (χ0) is 13.3. The molecule has 1 aromatic carbocycles. The van der Waals surface area contributed by atoms with Crippen LogP contribution in [-0.2, 0) is 4.74 Å². The maximum Gasteiger partial charge on any atom is 0.340 e. The van der Waals surface area contributed by atoms with Crippen LogP contribution in [0.5, 0.6) is 0 Å². The van der Waals surface area contributed by atoms with Crippen LogP contribution >= 0.6 is 0 Å². The molecule has 1 aliphatic carbocycles. The van der Waals surface area contributed by atoms with E-state index in [0.717, 1.165) is 12.1 Å². The monoisotopic (exact) mass is 248 g/mol. The first-order chi connectivity index (χ1) is 8.44. The number of carbonyl (C=O) groups excluding carboxylic acids is 1. The zero-order valence-corrected chi connectivity index (χ0v) is 11.1. The molecule has 3 N–H and O–H groups in total. The number of benzene rings is 1. The maximum absolute atomic E-state index is 11.7. The number of nitrogen functional groups attached to an aromatic ring is 1. The summed E-state index contributed by atoms with van der Waals surface area (Å²) in [6.45, 7) is 6.57. The van der Waals surface area contributed by atoms with Crippen molar-refractivity contribution in [2.45, 2.75) is 33.2 Å². The van der Waals surface area contributed by atoms with Gasteiger partial charge in [-0.05, 0) is 37.0 Å². The first-order valence-corrected chi connectivity index (χ1v) is 6.27. The third-order valence-electron chi connectivity index (χ3n) is 3.40. The smallest absolute Gasteiger partial charge is 0.340 e. The van der Waals surface area contributed by atoms with Crippen molar-refractivity contribution in [2.24, 2.45) is 5.41 Å². The largest absolute Gasteiger partial charge is 0.462 e. The summed E-state index contributed by atoms with van der Waals surface area (Å²) in [7, 11) is 0. The first-order valence-electron chi connectivity index (χ1n) is 6.27. The van der Waals surface area contributed by atoms with Gasteiger partial charge in [-0.2, -0.15) is 0 Å². The molecule has 0 radical (unpaired) electrons. The molecule has 0 aromatic heterocycles. The molecule has 4 nitrogen and oxygen atoms in total. The summed E-state index contributed by atoms with van der Waals surface area (Å²) in [6, 6.07) is 5.87. The van der Waals surface area contributed by atoms with E-state index in [4.69, 9.17) is 10.5 Å². The third kappa shape index (κ3) is 2.58. The summed E-state index contributed by atoms with van der Waals surface area (Å²) in [4.78, 5) is 11.7. The van der Waals surface area contributed by atoms with Gasteiger partial charge in [0.15, 0.2) is 0 Å². The highest BCUT2D eigenvalue weighted by atomic mass is 16.5. The van der Waals surface area contributed by atoms with Crippen molar-refractivity contribution in [2.75, 3.05) is 17.7 Å². The molecule has 1 saturated carbocycles. The fourth-order valence-corrected chi connectivity index (χ4v) is 1.95.